The van der Waals surface area contributed by atoms with Crippen LogP contribution in [0.1, 0.15) is 18.4 Å². The lowest BCUT2D eigenvalue weighted by molar-refractivity contribution is 0.325. The first kappa shape index (κ1) is 10.5. The van der Waals surface area contributed by atoms with Gasteiger partial charge in [-0.2, -0.15) is 0 Å². The molecule has 0 heterocycles. The minimum atomic E-state index is 0.847. The number of benzene rings is 1. The molecule has 0 N–H and O–H groups in total. The van der Waals surface area contributed by atoms with Crippen LogP contribution in [0.2, 0.25) is 0 Å². The third-order valence-corrected chi connectivity index (χ3v) is 3.10. The Bertz CT molecular complexity index is 320. The number of nitrogens with zero attached hydrogens (tertiary/aromatic N) is 1. The van der Waals surface area contributed by atoms with Crippen molar-refractivity contribution in [3.63, 3.8) is 0 Å². The highest BCUT2D eigenvalue weighted by Gasteiger charge is 2.25. The molecule has 0 saturated heterocycles. The van der Waals surface area contributed by atoms with Crippen LogP contribution in [0.25, 0.3) is 0 Å². The molecule has 0 amide bonds. The highest BCUT2D eigenvalue weighted by Crippen LogP contribution is 2.26. The molecule has 15 heavy (non-hydrogen) atoms. The van der Waals surface area contributed by atoms with E-state index >= 15 is 0 Å². The van der Waals surface area contributed by atoms with E-state index in [1.54, 1.807) is 7.11 Å². The maximum absolute atomic E-state index is 5.34. The van der Waals surface area contributed by atoms with Gasteiger partial charge in [-0.3, -0.25) is 0 Å². The van der Waals surface area contributed by atoms with Crippen molar-refractivity contribution in [2.45, 2.75) is 25.3 Å². The molecule has 0 unspecified atom stereocenters. The molecule has 1 fully saturated rings. The molecule has 1 aliphatic carbocycles. The van der Waals surface area contributed by atoms with Crippen LogP contribution < -0.4 is 4.74 Å². The molecule has 0 radical (unpaired) electrons. The van der Waals surface area contributed by atoms with E-state index in [-0.39, 0.29) is 0 Å². The number of hydrogen-bond donors (Lipinski definition) is 0. The van der Waals surface area contributed by atoms with E-state index in [1.807, 2.05) is 12.1 Å². The number of ether oxygens (including phenoxy) is 1. The van der Waals surface area contributed by atoms with Gasteiger partial charge in [0.25, 0.3) is 0 Å². The van der Waals surface area contributed by atoms with Crippen molar-refractivity contribution in [3.05, 3.63) is 29.8 Å². The normalized spacial score (nSPS) is 15.7. The van der Waals surface area contributed by atoms with Gasteiger partial charge in [-0.05, 0) is 37.9 Å². The average molecular weight is 205 g/mol. The highest BCUT2D eigenvalue weighted by atomic mass is 16.5. The summed E-state index contributed by atoms with van der Waals surface area (Å²) in [5.41, 5.74) is 1.31. The molecular formula is C13H19NO. The zero-order valence-corrected chi connectivity index (χ0v) is 9.57. The van der Waals surface area contributed by atoms with Crippen LogP contribution in [0.3, 0.4) is 0 Å². The standard InChI is InChI=1S/C13H19NO/c1-14(12-7-8-12)10-9-11-5-3-4-6-13(11)15-2/h3-6,12H,7-10H2,1-2H3. The fraction of sp³-hybridized carbons (Fsp3) is 0.538. The lowest BCUT2D eigenvalue weighted by Gasteiger charge is -2.16. The van der Waals surface area contributed by atoms with Gasteiger partial charge >= 0.3 is 0 Å². The molecule has 2 nitrogen and oxygen atoms in total. The predicted molar refractivity (Wildman–Crippen MR) is 62.4 cm³/mol. The van der Waals surface area contributed by atoms with Gasteiger partial charge < -0.3 is 9.64 Å². The van der Waals surface area contributed by atoms with E-state index in [4.69, 9.17) is 4.74 Å². The maximum atomic E-state index is 5.34. The molecule has 0 aliphatic heterocycles. The first-order valence-electron chi connectivity index (χ1n) is 5.63. The minimum absolute atomic E-state index is 0.847. The Morgan fingerprint density at radius 3 is 2.73 bits per heavy atom. The van der Waals surface area contributed by atoms with Gasteiger partial charge in [-0.15, -0.1) is 0 Å². The van der Waals surface area contributed by atoms with Crippen LogP contribution in [0, 0.1) is 0 Å². The minimum Gasteiger partial charge on any atom is -0.496 e. The summed E-state index contributed by atoms with van der Waals surface area (Å²) in [6.45, 7) is 1.13. The summed E-state index contributed by atoms with van der Waals surface area (Å²) in [4.78, 5) is 2.45. The van der Waals surface area contributed by atoms with E-state index in [1.165, 1.54) is 18.4 Å². The van der Waals surface area contributed by atoms with E-state index in [9.17, 15) is 0 Å². The van der Waals surface area contributed by atoms with Crippen LogP contribution in [-0.4, -0.2) is 31.6 Å². The second-order valence-electron chi connectivity index (χ2n) is 4.27. The maximum Gasteiger partial charge on any atom is 0.122 e. The molecule has 0 aromatic heterocycles. The molecule has 0 atom stereocenters. The van der Waals surface area contributed by atoms with Gasteiger partial charge in [0.2, 0.25) is 0 Å². The summed E-state index contributed by atoms with van der Waals surface area (Å²) in [5.74, 6) is 1.02. The first-order valence-corrected chi connectivity index (χ1v) is 5.63. The van der Waals surface area contributed by atoms with E-state index in [0.717, 1.165) is 24.8 Å². The predicted octanol–water partition coefficient (Wildman–Crippen LogP) is 2.33. The topological polar surface area (TPSA) is 12.5 Å². The van der Waals surface area contributed by atoms with Gasteiger partial charge in [0.1, 0.15) is 5.75 Å². The third kappa shape index (κ3) is 2.72. The Labute approximate surface area is 91.9 Å². The van der Waals surface area contributed by atoms with Gasteiger partial charge in [-0.1, -0.05) is 18.2 Å². The molecule has 1 aromatic rings. The number of rotatable bonds is 5. The van der Waals surface area contributed by atoms with E-state index in [2.05, 4.69) is 24.1 Å². The van der Waals surface area contributed by atoms with Crippen LogP contribution in [0.5, 0.6) is 5.75 Å². The summed E-state index contributed by atoms with van der Waals surface area (Å²) in [7, 11) is 3.95. The van der Waals surface area contributed by atoms with Crippen molar-refractivity contribution in [1.82, 2.24) is 4.90 Å². The molecule has 82 valence electrons. The second kappa shape index (κ2) is 4.67. The van der Waals surface area contributed by atoms with Gasteiger partial charge in [0.15, 0.2) is 0 Å². The fourth-order valence-corrected chi connectivity index (χ4v) is 1.90. The first-order chi connectivity index (χ1) is 7.31. The molecule has 0 spiro atoms. The molecular weight excluding hydrogens is 186 g/mol. The quantitative estimate of drug-likeness (QED) is 0.731. The molecule has 1 saturated carbocycles. The van der Waals surface area contributed by atoms with Crippen molar-refractivity contribution in [2.24, 2.45) is 0 Å². The summed E-state index contributed by atoms with van der Waals surface area (Å²) < 4.78 is 5.34. The lowest BCUT2D eigenvalue weighted by atomic mass is 10.1. The van der Waals surface area contributed by atoms with Crippen LogP contribution in [0.4, 0.5) is 0 Å². The van der Waals surface area contributed by atoms with Gasteiger partial charge in [-0.25, -0.2) is 0 Å². The second-order valence-corrected chi connectivity index (χ2v) is 4.27. The smallest absolute Gasteiger partial charge is 0.122 e. The molecule has 2 heteroatoms. The van der Waals surface area contributed by atoms with Crippen molar-refractivity contribution in [2.75, 3.05) is 20.7 Å². The molecule has 1 aliphatic rings. The lowest BCUT2D eigenvalue weighted by Crippen LogP contribution is -2.23. The Hall–Kier alpha value is -1.02. The van der Waals surface area contributed by atoms with Crippen LogP contribution in [-0.2, 0) is 6.42 Å². The van der Waals surface area contributed by atoms with Gasteiger partial charge in [0.05, 0.1) is 7.11 Å². The number of para-hydroxylation sites is 1. The van der Waals surface area contributed by atoms with Crippen molar-refractivity contribution in [3.8, 4) is 5.75 Å². The Kier molecular flexibility index (Phi) is 3.27. The van der Waals surface area contributed by atoms with Crippen LogP contribution in [0.15, 0.2) is 24.3 Å². The summed E-state index contributed by atoms with van der Waals surface area (Å²) in [5, 5.41) is 0. The summed E-state index contributed by atoms with van der Waals surface area (Å²) in [6, 6.07) is 9.13. The fourth-order valence-electron chi connectivity index (χ4n) is 1.90. The number of methoxy groups -OCH3 is 1. The number of likely N-dealkylation sites (N-methyl/N-ethyl adjacent to an activating group) is 1. The summed E-state index contributed by atoms with van der Waals surface area (Å²) in [6.07, 6.45) is 3.84. The Morgan fingerprint density at radius 1 is 1.33 bits per heavy atom. The third-order valence-electron chi connectivity index (χ3n) is 3.10. The molecule has 2 rings (SSSR count). The monoisotopic (exact) mass is 205 g/mol. The van der Waals surface area contributed by atoms with Gasteiger partial charge in [0, 0.05) is 12.6 Å². The van der Waals surface area contributed by atoms with Crippen molar-refractivity contribution in [1.29, 1.82) is 0 Å². The van der Waals surface area contributed by atoms with Crippen molar-refractivity contribution >= 4 is 0 Å². The Morgan fingerprint density at radius 2 is 2.07 bits per heavy atom. The SMILES string of the molecule is COc1ccccc1CCN(C)C1CC1. The molecule has 0 bridgehead atoms. The van der Waals surface area contributed by atoms with E-state index in [0.29, 0.717) is 0 Å². The van der Waals surface area contributed by atoms with Crippen molar-refractivity contribution < 1.29 is 4.74 Å². The highest BCUT2D eigenvalue weighted by molar-refractivity contribution is 5.33. The molecule has 1 aromatic carbocycles. The Balaban J connectivity index is 1.91. The number of hydrogen-bond acceptors (Lipinski definition) is 2. The summed E-state index contributed by atoms with van der Waals surface area (Å²) >= 11 is 0. The zero-order valence-electron chi connectivity index (χ0n) is 9.57. The van der Waals surface area contributed by atoms with E-state index < -0.39 is 0 Å². The average Bonchev–Trinajstić information content (AvgIpc) is 3.10. The van der Waals surface area contributed by atoms with Crippen LogP contribution >= 0.6 is 0 Å². The largest absolute Gasteiger partial charge is 0.496 e. The zero-order chi connectivity index (χ0) is 10.7.